The fourth-order valence-electron chi connectivity index (χ4n) is 2.72. The summed E-state index contributed by atoms with van der Waals surface area (Å²) in [5.41, 5.74) is 1.92. The summed E-state index contributed by atoms with van der Waals surface area (Å²) in [6.45, 7) is 5.82. The molecule has 106 valence electrons. The lowest BCUT2D eigenvalue weighted by Gasteiger charge is -2.26. The van der Waals surface area contributed by atoms with Crippen LogP contribution >= 0.6 is 0 Å². The van der Waals surface area contributed by atoms with E-state index in [1.54, 1.807) is 6.07 Å². The first-order valence-corrected chi connectivity index (χ1v) is 7.56. The summed E-state index contributed by atoms with van der Waals surface area (Å²) < 4.78 is 14.1. The molecule has 0 bridgehead atoms. The van der Waals surface area contributed by atoms with Gasteiger partial charge in [-0.05, 0) is 37.9 Å². The number of nitrogens with zero attached hydrogens (tertiary/aromatic N) is 1. The van der Waals surface area contributed by atoms with Crippen molar-refractivity contribution >= 4 is 5.69 Å². The van der Waals surface area contributed by atoms with E-state index < -0.39 is 0 Å². The maximum Gasteiger partial charge on any atom is 0.129 e. The van der Waals surface area contributed by atoms with E-state index in [9.17, 15) is 4.39 Å². The average Bonchev–Trinajstić information content (AvgIpc) is 2.69. The third-order valence-corrected chi connectivity index (χ3v) is 3.77. The molecule has 1 aliphatic rings. The monoisotopic (exact) mass is 264 g/mol. The quantitative estimate of drug-likeness (QED) is 0.816. The van der Waals surface area contributed by atoms with Crippen molar-refractivity contribution in [3.8, 4) is 0 Å². The van der Waals surface area contributed by atoms with E-state index in [0.29, 0.717) is 6.54 Å². The molecule has 0 atom stereocenters. The van der Waals surface area contributed by atoms with Gasteiger partial charge in [0.25, 0.3) is 0 Å². The third kappa shape index (κ3) is 3.93. The number of nitrogens with one attached hydrogen (secondary N) is 1. The van der Waals surface area contributed by atoms with Gasteiger partial charge in [-0.15, -0.1) is 0 Å². The Balaban J connectivity index is 2.15. The summed E-state index contributed by atoms with van der Waals surface area (Å²) in [6, 6.07) is 5.47. The van der Waals surface area contributed by atoms with E-state index >= 15 is 0 Å². The number of benzene rings is 1. The van der Waals surface area contributed by atoms with Crippen molar-refractivity contribution in [1.29, 1.82) is 0 Å². The van der Waals surface area contributed by atoms with Gasteiger partial charge in [0, 0.05) is 30.9 Å². The molecule has 1 fully saturated rings. The molecule has 0 aromatic heterocycles. The van der Waals surface area contributed by atoms with Crippen LogP contribution in [0.5, 0.6) is 0 Å². The molecule has 1 aliphatic heterocycles. The number of anilines is 1. The van der Waals surface area contributed by atoms with E-state index in [1.807, 2.05) is 6.07 Å². The molecule has 1 heterocycles. The largest absolute Gasteiger partial charge is 0.371 e. The summed E-state index contributed by atoms with van der Waals surface area (Å²) in [7, 11) is 0. The Morgan fingerprint density at radius 3 is 2.58 bits per heavy atom. The van der Waals surface area contributed by atoms with Gasteiger partial charge < -0.3 is 10.2 Å². The van der Waals surface area contributed by atoms with Crippen LogP contribution in [0, 0.1) is 5.82 Å². The summed E-state index contributed by atoms with van der Waals surface area (Å²) in [6.07, 6.45) is 6.12. The fourth-order valence-corrected chi connectivity index (χ4v) is 2.72. The van der Waals surface area contributed by atoms with Crippen molar-refractivity contribution in [3.05, 3.63) is 29.6 Å². The lowest BCUT2D eigenvalue weighted by atomic mass is 10.1. The normalized spacial score (nSPS) is 16.4. The Morgan fingerprint density at radius 2 is 1.89 bits per heavy atom. The highest BCUT2D eigenvalue weighted by atomic mass is 19.1. The number of hydrogen-bond acceptors (Lipinski definition) is 2. The van der Waals surface area contributed by atoms with Crippen molar-refractivity contribution in [1.82, 2.24) is 5.32 Å². The molecule has 2 rings (SSSR count). The highest BCUT2D eigenvalue weighted by molar-refractivity contribution is 5.54. The van der Waals surface area contributed by atoms with Crippen LogP contribution in [0.1, 0.15) is 44.6 Å². The molecule has 1 aromatic rings. The van der Waals surface area contributed by atoms with Crippen LogP contribution < -0.4 is 10.2 Å². The van der Waals surface area contributed by atoms with E-state index in [1.165, 1.54) is 25.7 Å². The molecule has 0 aliphatic carbocycles. The molecule has 1 saturated heterocycles. The molecule has 19 heavy (non-hydrogen) atoms. The number of hydrogen-bond donors (Lipinski definition) is 1. The Hall–Kier alpha value is -1.09. The first-order valence-electron chi connectivity index (χ1n) is 7.56. The van der Waals surface area contributed by atoms with Crippen LogP contribution in [0.15, 0.2) is 18.2 Å². The molecule has 1 N–H and O–H groups in total. The van der Waals surface area contributed by atoms with Crippen LogP contribution in [-0.2, 0) is 6.54 Å². The molecular formula is C16H25FN2. The van der Waals surface area contributed by atoms with Gasteiger partial charge >= 0.3 is 0 Å². The Labute approximate surface area is 116 Å². The number of rotatable bonds is 5. The molecular weight excluding hydrogens is 239 g/mol. The standard InChI is InChI=1S/C16H25FN2/c1-2-10-18-13-14-15(17)8-7-9-16(14)19-11-5-3-4-6-12-19/h7-9,18H,2-6,10-13H2,1H3. The molecule has 1 aromatic carbocycles. The van der Waals surface area contributed by atoms with Crippen molar-refractivity contribution < 1.29 is 4.39 Å². The van der Waals surface area contributed by atoms with Crippen molar-refractivity contribution in [2.24, 2.45) is 0 Å². The second-order valence-corrected chi connectivity index (χ2v) is 5.32. The van der Waals surface area contributed by atoms with Crippen LogP contribution in [0.2, 0.25) is 0 Å². The molecule has 0 amide bonds. The lowest BCUT2D eigenvalue weighted by molar-refractivity contribution is 0.584. The summed E-state index contributed by atoms with van der Waals surface area (Å²) in [5, 5.41) is 3.32. The van der Waals surface area contributed by atoms with Crippen LogP contribution in [0.25, 0.3) is 0 Å². The minimum absolute atomic E-state index is 0.0784. The maximum atomic E-state index is 14.1. The molecule has 3 heteroatoms. The molecule has 0 radical (unpaired) electrons. The van der Waals surface area contributed by atoms with Crippen LogP contribution in [0.3, 0.4) is 0 Å². The van der Waals surface area contributed by atoms with E-state index in [4.69, 9.17) is 0 Å². The predicted octanol–water partition coefficient (Wildman–Crippen LogP) is 3.71. The summed E-state index contributed by atoms with van der Waals surface area (Å²) in [5.74, 6) is -0.0784. The van der Waals surface area contributed by atoms with E-state index in [0.717, 1.165) is 37.3 Å². The van der Waals surface area contributed by atoms with Gasteiger partial charge in [0.05, 0.1) is 0 Å². The zero-order valence-corrected chi connectivity index (χ0v) is 11.9. The van der Waals surface area contributed by atoms with Gasteiger partial charge in [-0.1, -0.05) is 25.8 Å². The van der Waals surface area contributed by atoms with Gasteiger partial charge in [0.2, 0.25) is 0 Å². The maximum absolute atomic E-state index is 14.1. The van der Waals surface area contributed by atoms with Crippen LogP contribution in [-0.4, -0.2) is 19.6 Å². The predicted molar refractivity (Wildman–Crippen MR) is 79.1 cm³/mol. The SMILES string of the molecule is CCCNCc1c(F)cccc1N1CCCCCC1. The van der Waals surface area contributed by atoms with Gasteiger partial charge in [-0.2, -0.15) is 0 Å². The topological polar surface area (TPSA) is 15.3 Å². The molecule has 0 unspecified atom stereocenters. The second-order valence-electron chi connectivity index (χ2n) is 5.32. The van der Waals surface area contributed by atoms with E-state index in [2.05, 4.69) is 23.2 Å². The second kappa shape index (κ2) is 7.49. The first kappa shape index (κ1) is 14.3. The van der Waals surface area contributed by atoms with Gasteiger partial charge in [0.15, 0.2) is 0 Å². The summed E-state index contributed by atoms with van der Waals surface area (Å²) >= 11 is 0. The third-order valence-electron chi connectivity index (χ3n) is 3.77. The zero-order valence-electron chi connectivity index (χ0n) is 11.9. The highest BCUT2D eigenvalue weighted by Gasteiger charge is 2.15. The highest BCUT2D eigenvalue weighted by Crippen LogP contribution is 2.25. The lowest BCUT2D eigenvalue weighted by Crippen LogP contribution is -2.27. The molecule has 0 spiro atoms. The van der Waals surface area contributed by atoms with Crippen molar-refractivity contribution in [2.75, 3.05) is 24.5 Å². The Kier molecular flexibility index (Phi) is 5.64. The number of halogens is 1. The minimum atomic E-state index is -0.0784. The van der Waals surface area contributed by atoms with Gasteiger partial charge in [-0.3, -0.25) is 0 Å². The average molecular weight is 264 g/mol. The zero-order chi connectivity index (χ0) is 13.5. The fraction of sp³-hybridized carbons (Fsp3) is 0.625. The van der Waals surface area contributed by atoms with Crippen molar-refractivity contribution in [2.45, 2.75) is 45.6 Å². The Morgan fingerprint density at radius 1 is 1.16 bits per heavy atom. The van der Waals surface area contributed by atoms with Crippen molar-refractivity contribution in [3.63, 3.8) is 0 Å². The Bertz CT molecular complexity index is 384. The molecule has 2 nitrogen and oxygen atoms in total. The van der Waals surface area contributed by atoms with Gasteiger partial charge in [0.1, 0.15) is 5.82 Å². The minimum Gasteiger partial charge on any atom is -0.371 e. The molecule has 0 saturated carbocycles. The summed E-state index contributed by atoms with van der Waals surface area (Å²) in [4.78, 5) is 2.36. The first-order chi connectivity index (χ1) is 9.33. The van der Waals surface area contributed by atoms with Gasteiger partial charge in [-0.25, -0.2) is 4.39 Å². The van der Waals surface area contributed by atoms with E-state index in [-0.39, 0.29) is 5.82 Å². The smallest absolute Gasteiger partial charge is 0.129 e. The van der Waals surface area contributed by atoms with Crippen LogP contribution in [0.4, 0.5) is 10.1 Å².